The zero-order chi connectivity index (χ0) is 23.2. The number of benzene rings is 2. The van der Waals surface area contributed by atoms with E-state index in [1.54, 1.807) is 0 Å². The Morgan fingerprint density at radius 3 is 2.33 bits per heavy atom. The van der Waals surface area contributed by atoms with Crippen LogP contribution in [0.3, 0.4) is 0 Å². The first-order valence-electron chi connectivity index (χ1n) is 12.9. The van der Waals surface area contributed by atoms with E-state index in [0.29, 0.717) is 5.56 Å². The van der Waals surface area contributed by atoms with E-state index in [4.69, 9.17) is 4.74 Å². The molecule has 0 amide bonds. The number of ether oxygens (including phenoxy) is 1. The van der Waals surface area contributed by atoms with Gasteiger partial charge in [-0.3, -0.25) is 0 Å². The lowest BCUT2D eigenvalue weighted by atomic mass is 9.73. The molecule has 1 heterocycles. The van der Waals surface area contributed by atoms with Crippen molar-refractivity contribution in [3.8, 4) is 0 Å². The Kier molecular flexibility index (Phi) is 7.87. The van der Waals surface area contributed by atoms with Gasteiger partial charge in [-0.05, 0) is 36.8 Å². The summed E-state index contributed by atoms with van der Waals surface area (Å²) in [7, 11) is 2.29. The molecule has 2 aromatic carbocycles. The standard InChI is InChI=1S/C29H40NO3/c1-30(21-11-15-24-13-5-2-6-14-24)22-12-20-27(23-30)33-28(31)29(32,25-16-7-3-8-17-25)26-18-9-4-10-19-26/h2-3,5-8,13-14,16-17,26-27,32H,4,9-12,15,18-23H2,1H3/q+1/t27?,29-,30?/m0/s1. The van der Waals surface area contributed by atoms with Gasteiger partial charge < -0.3 is 14.3 Å². The molecule has 1 aliphatic heterocycles. The molecule has 1 aliphatic carbocycles. The van der Waals surface area contributed by atoms with E-state index >= 15 is 0 Å². The summed E-state index contributed by atoms with van der Waals surface area (Å²) in [6, 6.07) is 20.1. The highest BCUT2D eigenvalue weighted by atomic mass is 16.6. The number of rotatable bonds is 8. The van der Waals surface area contributed by atoms with Gasteiger partial charge in [-0.15, -0.1) is 0 Å². The third-order valence-corrected chi connectivity index (χ3v) is 7.87. The first-order valence-corrected chi connectivity index (χ1v) is 12.9. The summed E-state index contributed by atoms with van der Waals surface area (Å²) in [5.41, 5.74) is 0.512. The van der Waals surface area contributed by atoms with Crippen LogP contribution in [-0.2, 0) is 21.6 Å². The normalized spacial score (nSPS) is 25.8. The summed E-state index contributed by atoms with van der Waals surface area (Å²) in [4.78, 5) is 13.6. The molecule has 2 unspecified atom stereocenters. The lowest BCUT2D eigenvalue weighted by molar-refractivity contribution is -0.917. The second-order valence-corrected chi connectivity index (χ2v) is 10.5. The number of likely N-dealkylation sites (N-methyl/N-ethyl adjacent to an activating group) is 1. The number of quaternary nitrogens is 1. The highest BCUT2D eigenvalue weighted by Gasteiger charge is 2.48. The Bertz CT molecular complexity index is 880. The minimum absolute atomic E-state index is 0.0727. The molecule has 2 aliphatic rings. The van der Waals surface area contributed by atoms with Gasteiger partial charge in [0.2, 0.25) is 0 Å². The number of esters is 1. The Hall–Kier alpha value is -2.17. The minimum Gasteiger partial charge on any atom is -0.454 e. The van der Waals surface area contributed by atoms with Gasteiger partial charge in [0.15, 0.2) is 11.7 Å². The summed E-state index contributed by atoms with van der Waals surface area (Å²) >= 11 is 0. The fraction of sp³-hybridized carbons (Fsp3) is 0.552. The van der Waals surface area contributed by atoms with Crippen LogP contribution in [0.4, 0.5) is 0 Å². The van der Waals surface area contributed by atoms with Gasteiger partial charge in [-0.2, -0.15) is 0 Å². The predicted molar refractivity (Wildman–Crippen MR) is 132 cm³/mol. The molecule has 1 saturated heterocycles. The van der Waals surface area contributed by atoms with E-state index in [9.17, 15) is 9.90 Å². The second-order valence-electron chi connectivity index (χ2n) is 10.5. The molecule has 0 bridgehead atoms. The molecule has 3 atom stereocenters. The van der Waals surface area contributed by atoms with Crippen molar-refractivity contribution in [1.82, 2.24) is 0 Å². The lowest BCUT2D eigenvalue weighted by Crippen LogP contribution is -2.55. The maximum atomic E-state index is 13.6. The molecule has 2 aromatic rings. The first kappa shape index (κ1) is 24.0. The predicted octanol–water partition coefficient (Wildman–Crippen LogP) is 5.24. The smallest absolute Gasteiger partial charge is 0.343 e. The quantitative estimate of drug-likeness (QED) is 0.442. The van der Waals surface area contributed by atoms with Crippen molar-refractivity contribution in [2.24, 2.45) is 5.92 Å². The lowest BCUT2D eigenvalue weighted by Gasteiger charge is -2.42. The summed E-state index contributed by atoms with van der Waals surface area (Å²) in [6.07, 6.45) is 9.05. The number of carbonyl (C=O) groups excluding carboxylic acids is 1. The van der Waals surface area contributed by atoms with Crippen molar-refractivity contribution in [2.45, 2.75) is 69.5 Å². The summed E-state index contributed by atoms with van der Waals surface area (Å²) in [5, 5.41) is 11.8. The molecular formula is C29H40NO3+. The van der Waals surface area contributed by atoms with E-state index in [1.165, 1.54) is 12.0 Å². The molecular weight excluding hydrogens is 410 g/mol. The van der Waals surface area contributed by atoms with Gasteiger partial charge in [0.05, 0.1) is 20.1 Å². The van der Waals surface area contributed by atoms with Crippen LogP contribution in [0, 0.1) is 5.92 Å². The fourth-order valence-electron chi connectivity index (χ4n) is 5.96. The van der Waals surface area contributed by atoms with Crippen LogP contribution in [0.2, 0.25) is 0 Å². The Morgan fingerprint density at radius 2 is 1.64 bits per heavy atom. The minimum atomic E-state index is -1.55. The molecule has 4 rings (SSSR count). The number of likely N-dealkylation sites (tertiary alicyclic amines) is 1. The number of carbonyl (C=O) groups is 1. The molecule has 0 aromatic heterocycles. The molecule has 4 nitrogen and oxygen atoms in total. The third kappa shape index (κ3) is 5.85. The molecule has 1 N–H and O–H groups in total. The van der Waals surface area contributed by atoms with Crippen molar-refractivity contribution < 1.29 is 19.1 Å². The summed E-state index contributed by atoms with van der Waals surface area (Å²) in [5.74, 6) is -0.514. The van der Waals surface area contributed by atoms with E-state index in [1.807, 2.05) is 30.3 Å². The summed E-state index contributed by atoms with van der Waals surface area (Å²) in [6.45, 7) is 3.03. The SMILES string of the molecule is C[N+]1(CCCc2ccccc2)CCCC(OC(=O)[C@](O)(c2ccccc2)C2CCCCC2)C1. The van der Waals surface area contributed by atoms with Crippen LogP contribution in [0.1, 0.15) is 62.5 Å². The fourth-order valence-corrected chi connectivity index (χ4v) is 5.96. The topological polar surface area (TPSA) is 46.5 Å². The Balaban J connectivity index is 1.41. The molecule has 0 radical (unpaired) electrons. The number of aliphatic hydroxyl groups is 1. The average molecular weight is 451 g/mol. The van der Waals surface area contributed by atoms with Crippen molar-refractivity contribution in [3.63, 3.8) is 0 Å². The largest absolute Gasteiger partial charge is 0.454 e. The molecule has 4 heteroatoms. The first-order chi connectivity index (χ1) is 16.0. The van der Waals surface area contributed by atoms with Gasteiger partial charge >= 0.3 is 5.97 Å². The van der Waals surface area contributed by atoms with Crippen molar-refractivity contribution in [3.05, 3.63) is 71.8 Å². The number of aryl methyl sites for hydroxylation is 1. The number of piperidine rings is 1. The average Bonchev–Trinajstić information content (AvgIpc) is 2.85. The molecule has 0 spiro atoms. The number of nitrogens with zero attached hydrogens (tertiary/aromatic N) is 1. The van der Waals surface area contributed by atoms with Crippen molar-refractivity contribution in [1.29, 1.82) is 0 Å². The highest BCUT2D eigenvalue weighted by Crippen LogP contribution is 2.41. The molecule has 33 heavy (non-hydrogen) atoms. The van der Waals surface area contributed by atoms with Gasteiger partial charge in [0, 0.05) is 18.8 Å². The van der Waals surface area contributed by atoms with Gasteiger partial charge in [-0.1, -0.05) is 79.9 Å². The zero-order valence-corrected chi connectivity index (χ0v) is 20.1. The van der Waals surface area contributed by atoms with E-state index < -0.39 is 11.6 Å². The molecule has 178 valence electrons. The van der Waals surface area contributed by atoms with E-state index in [0.717, 1.165) is 75.5 Å². The Morgan fingerprint density at radius 1 is 0.970 bits per heavy atom. The van der Waals surface area contributed by atoms with Gasteiger partial charge in [-0.25, -0.2) is 4.79 Å². The number of hydrogen-bond donors (Lipinski definition) is 1. The second kappa shape index (κ2) is 10.8. The molecule has 2 fully saturated rings. The van der Waals surface area contributed by atoms with Crippen LogP contribution < -0.4 is 0 Å². The van der Waals surface area contributed by atoms with Gasteiger partial charge in [0.1, 0.15) is 6.54 Å². The number of hydrogen-bond acceptors (Lipinski definition) is 3. The highest BCUT2D eigenvalue weighted by molar-refractivity contribution is 5.81. The van der Waals surface area contributed by atoms with Crippen LogP contribution in [0.25, 0.3) is 0 Å². The van der Waals surface area contributed by atoms with Crippen LogP contribution >= 0.6 is 0 Å². The summed E-state index contributed by atoms with van der Waals surface area (Å²) < 4.78 is 7.05. The van der Waals surface area contributed by atoms with E-state index in [2.05, 4.69) is 37.4 Å². The maximum Gasteiger partial charge on any atom is 0.343 e. The third-order valence-electron chi connectivity index (χ3n) is 7.87. The van der Waals surface area contributed by atoms with Crippen LogP contribution in [0.5, 0.6) is 0 Å². The monoisotopic (exact) mass is 450 g/mol. The van der Waals surface area contributed by atoms with E-state index in [-0.39, 0.29) is 12.0 Å². The van der Waals surface area contributed by atoms with Crippen LogP contribution in [0.15, 0.2) is 60.7 Å². The van der Waals surface area contributed by atoms with Crippen molar-refractivity contribution >= 4 is 5.97 Å². The Labute approximate surface area is 199 Å². The van der Waals surface area contributed by atoms with Crippen LogP contribution in [-0.4, -0.2) is 48.3 Å². The van der Waals surface area contributed by atoms with Crippen molar-refractivity contribution in [2.75, 3.05) is 26.7 Å². The molecule has 1 saturated carbocycles. The zero-order valence-electron chi connectivity index (χ0n) is 20.1. The maximum absolute atomic E-state index is 13.6. The van der Waals surface area contributed by atoms with Gasteiger partial charge in [0.25, 0.3) is 0 Å².